The van der Waals surface area contributed by atoms with E-state index >= 15 is 0 Å². The van der Waals surface area contributed by atoms with Gasteiger partial charge in [0.1, 0.15) is 11.9 Å². The first-order valence-electron chi connectivity index (χ1n) is 8.19. The van der Waals surface area contributed by atoms with Gasteiger partial charge in [0.2, 0.25) is 5.82 Å². The molecule has 7 nitrogen and oxygen atoms in total. The number of rotatable bonds is 6. The minimum absolute atomic E-state index is 0.0190. The Morgan fingerprint density at radius 3 is 2.46 bits per heavy atom. The smallest absolute Gasteiger partial charge is 0.326 e. The maximum Gasteiger partial charge on any atom is 0.326 e. The molecule has 0 bridgehead atoms. The monoisotopic (exact) mass is 326 g/mol. The third-order valence-electron chi connectivity index (χ3n) is 4.42. The normalized spacial score (nSPS) is 18.2. The van der Waals surface area contributed by atoms with E-state index in [1.54, 1.807) is 4.68 Å². The van der Waals surface area contributed by atoms with Crippen molar-refractivity contribution in [2.24, 2.45) is 5.92 Å². The second kappa shape index (κ2) is 5.74. The summed E-state index contributed by atoms with van der Waals surface area (Å²) < 4.78 is 1.69. The van der Waals surface area contributed by atoms with E-state index < -0.39 is 17.9 Å². The number of aromatic nitrogens is 3. The zero-order valence-electron chi connectivity index (χ0n) is 13.1. The number of aliphatic carboxylic acids is 1. The molecular formula is C17H18N4O3. The van der Waals surface area contributed by atoms with Crippen LogP contribution in [0.4, 0.5) is 0 Å². The van der Waals surface area contributed by atoms with Gasteiger partial charge < -0.3 is 10.4 Å². The van der Waals surface area contributed by atoms with Crippen molar-refractivity contribution in [2.75, 3.05) is 0 Å². The Kier molecular flexibility index (Phi) is 3.55. The van der Waals surface area contributed by atoms with Crippen LogP contribution in [0.5, 0.6) is 0 Å². The molecule has 1 unspecified atom stereocenters. The van der Waals surface area contributed by atoms with Gasteiger partial charge in [-0.3, -0.25) is 4.79 Å². The molecule has 2 saturated carbocycles. The summed E-state index contributed by atoms with van der Waals surface area (Å²) in [5.74, 6) is -0.387. The molecule has 0 aliphatic heterocycles. The first-order valence-corrected chi connectivity index (χ1v) is 8.19. The number of carboxylic acids is 1. The molecule has 0 spiro atoms. The number of hydrogen-bond acceptors (Lipinski definition) is 4. The molecule has 1 aromatic carbocycles. The topological polar surface area (TPSA) is 97.1 Å². The minimum Gasteiger partial charge on any atom is -0.480 e. The maximum absolute atomic E-state index is 12.4. The Balaban J connectivity index is 1.61. The predicted molar refractivity (Wildman–Crippen MR) is 84.9 cm³/mol. The van der Waals surface area contributed by atoms with Gasteiger partial charge in [-0.15, -0.1) is 5.10 Å². The van der Waals surface area contributed by atoms with Gasteiger partial charge in [0.05, 0.1) is 5.69 Å². The number of nitrogens with zero attached hydrogens (tertiary/aromatic N) is 3. The van der Waals surface area contributed by atoms with Gasteiger partial charge in [-0.25, -0.2) is 14.5 Å². The average molecular weight is 326 g/mol. The van der Waals surface area contributed by atoms with Crippen LogP contribution in [0.15, 0.2) is 30.3 Å². The summed E-state index contributed by atoms with van der Waals surface area (Å²) in [6, 6.07) is 8.68. The number of benzene rings is 1. The van der Waals surface area contributed by atoms with E-state index in [0.717, 1.165) is 37.2 Å². The molecule has 0 saturated heterocycles. The average Bonchev–Trinajstić information content (AvgIpc) is 3.51. The highest BCUT2D eigenvalue weighted by molar-refractivity contribution is 5.93. The molecule has 4 rings (SSSR count). The van der Waals surface area contributed by atoms with Crippen molar-refractivity contribution >= 4 is 11.9 Å². The largest absolute Gasteiger partial charge is 0.480 e. The third-order valence-corrected chi connectivity index (χ3v) is 4.42. The molecule has 2 aromatic rings. The SMILES string of the molecule is O=C(NC(C(=O)O)C1CC1)c1nc(C2CC2)n(-c2ccccc2)n1. The fourth-order valence-electron chi connectivity index (χ4n) is 2.80. The van der Waals surface area contributed by atoms with Gasteiger partial charge >= 0.3 is 5.97 Å². The van der Waals surface area contributed by atoms with Crippen LogP contribution in [-0.4, -0.2) is 37.8 Å². The van der Waals surface area contributed by atoms with Gasteiger partial charge in [0.25, 0.3) is 5.91 Å². The summed E-state index contributed by atoms with van der Waals surface area (Å²) in [5, 5.41) is 16.2. The van der Waals surface area contributed by atoms with E-state index in [1.807, 2.05) is 30.3 Å². The van der Waals surface area contributed by atoms with E-state index in [-0.39, 0.29) is 11.7 Å². The van der Waals surface area contributed by atoms with Crippen molar-refractivity contribution in [2.45, 2.75) is 37.6 Å². The standard InChI is InChI=1S/C17H18N4O3/c22-16(18-13(17(23)24)10-6-7-10)14-19-15(11-8-9-11)21(20-14)12-4-2-1-3-5-12/h1-5,10-11,13H,6-9H2,(H,18,22)(H,23,24). The lowest BCUT2D eigenvalue weighted by Gasteiger charge is -2.11. The van der Waals surface area contributed by atoms with Crippen LogP contribution in [0.2, 0.25) is 0 Å². The molecule has 2 N–H and O–H groups in total. The van der Waals surface area contributed by atoms with Crippen LogP contribution in [0.25, 0.3) is 5.69 Å². The number of carbonyl (C=O) groups excluding carboxylic acids is 1. The summed E-state index contributed by atoms with van der Waals surface area (Å²) >= 11 is 0. The van der Waals surface area contributed by atoms with Gasteiger partial charge in [-0.2, -0.15) is 0 Å². The van der Waals surface area contributed by atoms with Crippen molar-refractivity contribution in [3.05, 3.63) is 42.0 Å². The van der Waals surface area contributed by atoms with Crippen molar-refractivity contribution < 1.29 is 14.7 Å². The van der Waals surface area contributed by atoms with Crippen molar-refractivity contribution in [3.63, 3.8) is 0 Å². The molecule has 7 heteroatoms. The van der Waals surface area contributed by atoms with Crippen LogP contribution >= 0.6 is 0 Å². The highest BCUT2D eigenvalue weighted by Gasteiger charge is 2.38. The second-order valence-corrected chi connectivity index (χ2v) is 6.44. The van der Waals surface area contributed by atoms with Crippen molar-refractivity contribution in [3.8, 4) is 5.69 Å². The Labute approximate surface area is 138 Å². The molecule has 0 radical (unpaired) electrons. The zero-order chi connectivity index (χ0) is 16.7. The van der Waals surface area contributed by atoms with E-state index in [2.05, 4.69) is 15.4 Å². The lowest BCUT2D eigenvalue weighted by atomic mass is 10.2. The quantitative estimate of drug-likeness (QED) is 0.843. The van der Waals surface area contributed by atoms with Gasteiger partial charge in [0, 0.05) is 5.92 Å². The second-order valence-electron chi connectivity index (χ2n) is 6.44. The van der Waals surface area contributed by atoms with E-state index in [0.29, 0.717) is 5.92 Å². The van der Waals surface area contributed by atoms with Crippen LogP contribution in [0.1, 0.15) is 48.0 Å². The van der Waals surface area contributed by atoms with Crippen LogP contribution in [0.3, 0.4) is 0 Å². The maximum atomic E-state index is 12.4. The fourth-order valence-corrected chi connectivity index (χ4v) is 2.80. The molecule has 1 heterocycles. The van der Waals surface area contributed by atoms with Gasteiger partial charge in [-0.05, 0) is 43.7 Å². The van der Waals surface area contributed by atoms with Gasteiger partial charge in [0.15, 0.2) is 0 Å². The summed E-state index contributed by atoms with van der Waals surface area (Å²) in [4.78, 5) is 28.1. The summed E-state index contributed by atoms with van der Waals surface area (Å²) in [7, 11) is 0. The summed E-state index contributed by atoms with van der Waals surface area (Å²) in [6.45, 7) is 0. The van der Waals surface area contributed by atoms with E-state index in [4.69, 9.17) is 0 Å². The summed E-state index contributed by atoms with van der Waals surface area (Å²) in [5.41, 5.74) is 0.850. The third kappa shape index (κ3) is 2.89. The number of nitrogens with one attached hydrogen (secondary N) is 1. The number of carboxylic acid groups (broad SMARTS) is 1. The van der Waals surface area contributed by atoms with E-state index in [9.17, 15) is 14.7 Å². The number of carbonyl (C=O) groups is 2. The number of hydrogen-bond donors (Lipinski definition) is 2. The molecule has 2 aliphatic rings. The number of para-hydroxylation sites is 1. The van der Waals surface area contributed by atoms with Crippen LogP contribution in [0, 0.1) is 5.92 Å². The first-order chi connectivity index (χ1) is 11.6. The molecule has 2 aliphatic carbocycles. The summed E-state index contributed by atoms with van der Waals surface area (Å²) in [6.07, 6.45) is 3.73. The van der Waals surface area contributed by atoms with Gasteiger partial charge in [-0.1, -0.05) is 18.2 Å². The Hall–Kier alpha value is -2.70. The van der Waals surface area contributed by atoms with E-state index in [1.165, 1.54) is 0 Å². The molecule has 1 atom stereocenters. The molecule has 1 amide bonds. The first kappa shape index (κ1) is 14.9. The van der Waals surface area contributed by atoms with Crippen molar-refractivity contribution in [1.29, 1.82) is 0 Å². The Bertz CT molecular complexity index is 778. The molecule has 1 aromatic heterocycles. The molecule has 24 heavy (non-hydrogen) atoms. The number of amides is 1. The Morgan fingerprint density at radius 1 is 1.17 bits per heavy atom. The molecule has 124 valence electrons. The fraction of sp³-hybridized carbons (Fsp3) is 0.412. The lowest BCUT2D eigenvalue weighted by Crippen LogP contribution is -2.42. The lowest BCUT2D eigenvalue weighted by molar-refractivity contribution is -0.139. The molecule has 2 fully saturated rings. The molecular weight excluding hydrogens is 308 g/mol. The van der Waals surface area contributed by atoms with Crippen molar-refractivity contribution in [1.82, 2.24) is 20.1 Å². The highest BCUT2D eigenvalue weighted by Crippen LogP contribution is 2.39. The minimum atomic E-state index is -1.00. The Morgan fingerprint density at radius 2 is 1.88 bits per heavy atom. The van der Waals surface area contributed by atoms with Crippen LogP contribution in [-0.2, 0) is 4.79 Å². The predicted octanol–water partition coefficient (Wildman–Crippen LogP) is 1.74. The highest BCUT2D eigenvalue weighted by atomic mass is 16.4. The zero-order valence-corrected chi connectivity index (χ0v) is 13.1. The van der Waals surface area contributed by atoms with Crippen LogP contribution < -0.4 is 5.32 Å².